The van der Waals surface area contributed by atoms with Crippen LogP contribution in [0.2, 0.25) is 0 Å². The molecular weight excluding hydrogens is 723 g/mol. The molecule has 6 rings (SSSR count). The Morgan fingerprint density at radius 3 is 0.809 bits per heavy atom. The van der Waals surface area contributed by atoms with Crippen LogP contribution >= 0.6 is 0 Å². The van der Waals surface area contributed by atoms with Gasteiger partial charge in [-0.3, -0.25) is 0 Å². The molecule has 0 N–H and O–H groups in total. The van der Waals surface area contributed by atoms with E-state index in [0.29, 0.717) is 0 Å². The van der Waals surface area contributed by atoms with Crippen LogP contribution in [0.15, 0.2) is 71.8 Å². The summed E-state index contributed by atoms with van der Waals surface area (Å²) in [7, 11) is 0. The minimum absolute atomic E-state index is 0. The normalized spacial score (nSPS) is 16.8. The van der Waals surface area contributed by atoms with Crippen LogP contribution in [-0.4, -0.2) is 0 Å². The van der Waals surface area contributed by atoms with Gasteiger partial charge in [0.15, 0.2) is 0 Å². The summed E-state index contributed by atoms with van der Waals surface area (Å²) in [5, 5.41) is 0. The second kappa shape index (κ2) is 35.5. The van der Waals surface area contributed by atoms with Crippen molar-refractivity contribution in [1.29, 1.82) is 0 Å². The minimum Gasteiger partial charge on any atom is -0.340 e. The van der Waals surface area contributed by atoms with Gasteiger partial charge in [-0.05, 0) is 141 Å². The molecule has 2 heteroatoms. The molecular formula is C45H48Zr2. The number of rotatable bonds is 10. The Morgan fingerprint density at radius 2 is 0.596 bits per heavy atom. The van der Waals surface area contributed by atoms with Crippen molar-refractivity contribution >= 4 is 0 Å². The number of allylic oxidation sites excluding steroid dienone is 2. The summed E-state index contributed by atoms with van der Waals surface area (Å²) in [6.07, 6.45) is 54.5. The molecule has 0 saturated heterocycles. The number of hydrogen-bond donors (Lipinski definition) is 0. The Balaban J connectivity index is 0.000000763. The molecule has 0 nitrogen and oxygen atoms in total. The van der Waals surface area contributed by atoms with Crippen molar-refractivity contribution in [2.45, 2.75) is 44.9 Å². The van der Waals surface area contributed by atoms with E-state index < -0.39 is 0 Å². The summed E-state index contributed by atoms with van der Waals surface area (Å²) in [6.45, 7) is 8.10. The van der Waals surface area contributed by atoms with Gasteiger partial charge in [0.2, 0.25) is 0 Å². The number of unbranched alkanes of at least 4 members (excludes halogenated alkanes) is 2. The first-order valence-electron chi connectivity index (χ1n) is 15.9. The molecule has 236 valence electrons. The van der Waals surface area contributed by atoms with Crippen molar-refractivity contribution in [2.24, 2.45) is 0 Å². The van der Waals surface area contributed by atoms with Gasteiger partial charge < -0.3 is 13.8 Å². The quantitative estimate of drug-likeness (QED) is 0.167. The van der Waals surface area contributed by atoms with Crippen LogP contribution in [0.25, 0.3) is 0 Å². The van der Waals surface area contributed by atoms with Crippen molar-refractivity contribution < 1.29 is 52.4 Å². The van der Waals surface area contributed by atoms with Gasteiger partial charge in [-0.2, -0.15) is 71.5 Å². The van der Waals surface area contributed by atoms with Crippen molar-refractivity contribution in [1.82, 2.24) is 0 Å². The fourth-order valence-electron chi connectivity index (χ4n) is 4.09. The zero-order valence-corrected chi connectivity index (χ0v) is 32.6. The molecule has 4 aliphatic rings. The molecule has 0 amide bonds. The summed E-state index contributed by atoms with van der Waals surface area (Å²) >= 11 is 0. The van der Waals surface area contributed by atoms with E-state index in [0.717, 1.165) is 36.8 Å². The first-order valence-corrected chi connectivity index (χ1v) is 15.9. The molecule has 4 saturated carbocycles. The zero-order chi connectivity index (χ0) is 31.9. The summed E-state index contributed by atoms with van der Waals surface area (Å²) in [4.78, 5) is 0. The fraction of sp³-hybridized carbons (Fsp3) is 0.156. The van der Waals surface area contributed by atoms with E-state index in [-0.39, 0.29) is 52.4 Å². The third kappa shape index (κ3) is 28.1. The molecule has 4 fully saturated rings. The van der Waals surface area contributed by atoms with Crippen molar-refractivity contribution in [2.75, 3.05) is 0 Å². The van der Waals surface area contributed by atoms with Gasteiger partial charge >= 0.3 is 52.4 Å². The molecule has 2 aromatic rings. The monoisotopic (exact) mass is 768 g/mol. The van der Waals surface area contributed by atoms with Crippen LogP contribution in [0.3, 0.4) is 0 Å². The van der Waals surface area contributed by atoms with E-state index in [1.165, 1.54) is 30.4 Å². The van der Waals surface area contributed by atoms with Crippen LogP contribution in [-0.2, 0) is 52.4 Å². The maximum Gasteiger partial charge on any atom is 2.00 e. The van der Waals surface area contributed by atoms with Gasteiger partial charge in [0.1, 0.15) is 0 Å². The van der Waals surface area contributed by atoms with Crippen LogP contribution in [0.1, 0.15) is 56.1 Å². The fourth-order valence-corrected chi connectivity index (χ4v) is 4.09. The maximum absolute atomic E-state index is 4.05. The van der Waals surface area contributed by atoms with Gasteiger partial charge in [0.05, 0.1) is 0 Å². The van der Waals surface area contributed by atoms with E-state index in [2.05, 4.69) is 74.5 Å². The average Bonchev–Trinajstić information content (AvgIpc) is 3.95. The number of benzene rings is 2. The number of hydrogen-bond acceptors (Lipinski definition) is 0. The largest absolute Gasteiger partial charge is 2.00 e. The molecule has 2 aromatic carbocycles. The van der Waals surface area contributed by atoms with E-state index in [9.17, 15) is 0 Å². The minimum atomic E-state index is 0. The van der Waals surface area contributed by atoms with Gasteiger partial charge in [0.25, 0.3) is 0 Å². The van der Waals surface area contributed by atoms with Crippen molar-refractivity contribution in [3.8, 4) is 0 Å². The van der Waals surface area contributed by atoms with Gasteiger partial charge in [-0.15, -0.1) is 24.3 Å². The summed E-state index contributed by atoms with van der Waals surface area (Å²) < 4.78 is 0. The topological polar surface area (TPSA) is 0 Å². The van der Waals surface area contributed by atoms with E-state index in [4.69, 9.17) is 0 Å². The van der Waals surface area contributed by atoms with Crippen molar-refractivity contribution in [3.63, 3.8) is 0 Å². The first-order chi connectivity index (χ1) is 22.3. The van der Waals surface area contributed by atoms with Gasteiger partial charge in [-0.25, -0.2) is 0 Å². The third-order valence-corrected chi connectivity index (χ3v) is 6.47. The third-order valence-electron chi connectivity index (χ3n) is 6.47. The second-order valence-corrected chi connectivity index (χ2v) is 10.1. The summed E-state index contributed by atoms with van der Waals surface area (Å²) in [5.41, 5.74) is 4.94. The molecule has 0 bridgehead atoms. The SMILES string of the molecule is [CH2-]CC(=[C-]c1ccccc1)CCCCCC(=[C-]c1ccccc1)C[CH2-].[CH]1[CH][CH][CH][CH]1.[CH]1[CH][CH][CH][CH]1.[CH]1[CH][CH][CH][CH]1.[CH]1[CH][CH][CH][CH]1.[Zr+2].[Zr+2]. The molecule has 20 radical (unpaired) electrons. The molecule has 0 aromatic heterocycles. The molecule has 4 aliphatic carbocycles. The molecule has 47 heavy (non-hydrogen) atoms. The van der Waals surface area contributed by atoms with Crippen LogP contribution < -0.4 is 0 Å². The van der Waals surface area contributed by atoms with Crippen LogP contribution in [0.4, 0.5) is 0 Å². The van der Waals surface area contributed by atoms with E-state index >= 15 is 0 Å². The van der Waals surface area contributed by atoms with E-state index in [1.54, 1.807) is 0 Å². The predicted molar refractivity (Wildman–Crippen MR) is 194 cm³/mol. The second-order valence-electron chi connectivity index (χ2n) is 10.1. The van der Waals surface area contributed by atoms with E-state index in [1.807, 2.05) is 141 Å². The molecule has 0 spiro atoms. The maximum atomic E-state index is 4.05. The standard InChI is InChI=1S/C25H28.4C5H5.2Zr/c1-3-22(20-24-16-10-6-11-17-24)14-8-5-9-15-23(4-2)21-25-18-12-7-13-19-25;4*1-2-4-5-3-1;;/h6-7,10-13,16-19H,1-5,8-9,14-15H2;4*1-5H;;/q-4;;;;;2*+2. The Morgan fingerprint density at radius 1 is 0.362 bits per heavy atom. The first kappa shape index (κ1) is 46.7. The Kier molecular flexibility index (Phi) is 35.3. The van der Waals surface area contributed by atoms with Gasteiger partial charge in [-0.1, -0.05) is 31.4 Å². The molecule has 0 aliphatic heterocycles. The van der Waals surface area contributed by atoms with Crippen LogP contribution in [0, 0.1) is 154 Å². The Bertz CT molecular complexity index is 816. The Hall–Kier alpha value is -0.314. The van der Waals surface area contributed by atoms with Gasteiger partial charge in [0, 0.05) is 0 Å². The summed E-state index contributed by atoms with van der Waals surface area (Å²) in [6, 6.07) is 20.7. The molecule has 0 heterocycles. The van der Waals surface area contributed by atoms with Crippen molar-refractivity contribution in [3.05, 3.63) is 237 Å². The Labute approximate surface area is 332 Å². The average molecular weight is 771 g/mol. The summed E-state index contributed by atoms with van der Waals surface area (Å²) in [5.74, 6) is 0. The predicted octanol–water partition coefficient (Wildman–Crippen LogP) is 11.0. The molecule has 0 unspecified atom stereocenters. The smallest absolute Gasteiger partial charge is 0.340 e. The van der Waals surface area contributed by atoms with Crippen LogP contribution in [0.5, 0.6) is 0 Å². The molecule has 0 atom stereocenters. The zero-order valence-electron chi connectivity index (χ0n) is 27.7.